The van der Waals surface area contributed by atoms with Crippen LogP contribution in [0.25, 0.3) is 0 Å². The molecule has 0 spiro atoms. The SMILES string of the molecule is N#Cc1ccc(OCC(=O)N/N=C/c2cccc(OCc3ccccc3)c2)cc1. The predicted octanol–water partition coefficient (Wildman–Crippen LogP) is 3.67. The number of hydrazone groups is 1. The Hall–Kier alpha value is -4.11. The van der Waals surface area contributed by atoms with Gasteiger partial charge < -0.3 is 9.47 Å². The molecule has 29 heavy (non-hydrogen) atoms. The summed E-state index contributed by atoms with van der Waals surface area (Å²) in [5.41, 5.74) is 4.82. The van der Waals surface area contributed by atoms with Crippen LogP contribution in [0.5, 0.6) is 11.5 Å². The van der Waals surface area contributed by atoms with Crippen LogP contribution in [-0.2, 0) is 11.4 Å². The highest BCUT2D eigenvalue weighted by Crippen LogP contribution is 2.14. The van der Waals surface area contributed by atoms with Gasteiger partial charge in [-0.1, -0.05) is 42.5 Å². The summed E-state index contributed by atoms with van der Waals surface area (Å²) in [6.45, 7) is 0.300. The van der Waals surface area contributed by atoms with Crippen molar-refractivity contribution in [3.05, 3.63) is 95.6 Å². The van der Waals surface area contributed by atoms with Crippen molar-refractivity contribution in [3.8, 4) is 17.6 Å². The fraction of sp³-hybridized carbons (Fsp3) is 0.0870. The summed E-state index contributed by atoms with van der Waals surface area (Å²) in [4.78, 5) is 11.8. The zero-order valence-corrected chi connectivity index (χ0v) is 15.6. The van der Waals surface area contributed by atoms with Crippen LogP contribution in [0.2, 0.25) is 0 Å². The third-order valence-corrected chi connectivity index (χ3v) is 3.86. The molecule has 1 amide bonds. The summed E-state index contributed by atoms with van der Waals surface area (Å²) in [6.07, 6.45) is 1.54. The first-order chi connectivity index (χ1) is 14.2. The van der Waals surface area contributed by atoms with Gasteiger partial charge in [0.2, 0.25) is 0 Å². The van der Waals surface area contributed by atoms with Crippen LogP contribution in [0, 0.1) is 11.3 Å². The van der Waals surface area contributed by atoms with Crippen LogP contribution in [0.3, 0.4) is 0 Å². The van der Waals surface area contributed by atoms with Crippen LogP contribution < -0.4 is 14.9 Å². The number of benzene rings is 3. The van der Waals surface area contributed by atoms with Crippen LogP contribution in [0.4, 0.5) is 0 Å². The maximum atomic E-state index is 11.8. The molecule has 3 rings (SSSR count). The highest BCUT2D eigenvalue weighted by Gasteiger charge is 2.02. The van der Waals surface area contributed by atoms with Gasteiger partial charge in [0.05, 0.1) is 17.8 Å². The molecule has 0 aromatic heterocycles. The van der Waals surface area contributed by atoms with Gasteiger partial charge >= 0.3 is 0 Å². The summed E-state index contributed by atoms with van der Waals surface area (Å²) in [7, 11) is 0. The van der Waals surface area contributed by atoms with E-state index in [9.17, 15) is 4.79 Å². The van der Waals surface area contributed by atoms with E-state index in [1.54, 1.807) is 24.3 Å². The minimum absolute atomic E-state index is 0.177. The molecule has 1 N–H and O–H groups in total. The monoisotopic (exact) mass is 385 g/mol. The minimum Gasteiger partial charge on any atom is -0.489 e. The first kappa shape index (κ1) is 19.6. The second-order valence-corrected chi connectivity index (χ2v) is 6.06. The largest absolute Gasteiger partial charge is 0.489 e. The summed E-state index contributed by atoms with van der Waals surface area (Å²) in [5, 5.41) is 12.7. The molecule has 0 saturated carbocycles. The lowest BCUT2D eigenvalue weighted by Gasteiger charge is -2.07. The van der Waals surface area contributed by atoms with Crippen LogP contribution in [0.15, 0.2) is 84.0 Å². The zero-order chi connectivity index (χ0) is 20.3. The first-order valence-electron chi connectivity index (χ1n) is 8.94. The molecule has 0 bridgehead atoms. The number of hydrogen-bond donors (Lipinski definition) is 1. The van der Waals surface area contributed by atoms with Crippen molar-refractivity contribution in [2.24, 2.45) is 5.10 Å². The van der Waals surface area contributed by atoms with Gasteiger partial charge in [0.15, 0.2) is 6.61 Å². The quantitative estimate of drug-likeness (QED) is 0.474. The van der Waals surface area contributed by atoms with E-state index in [-0.39, 0.29) is 12.5 Å². The number of ether oxygens (including phenoxy) is 2. The molecule has 0 fully saturated rings. The average Bonchev–Trinajstić information content (AvgIpc) is 2.78. The fourth-order valence-electron chi connectivity index (χ4n) is 2.41. The fourth-order valence-corrected chi connectivity index (χ4v) is 2.41. The van der Waals surface area contributed by atoms with Crippen molar-refractivity contribution < 1.29 is 14.3 Å². The Balaban J connectivity index is 1.45. The number of carbonyl (C=O) groups excluding carboxylic acids is 1. The molecule has 0 aliphatic carbocycles. The maximum absolute atomic E-state index is 11.8. The number of hydrogen-bond acceptors (Lipinski definition) is 5. The molecule has 0 atom stereocenters. The van der Waals surface area contributed by atoms with Gasteiger partial charge in [-0.2, -0.15) is 10.4 Å². The van der Waals surface area contributed by atoms with E-state index in [1.165, 1.54) is 6.21 Å². The van der Waals surface area contributed by atoms with Gasteiger partial charge in [-0.3, -0.25) is 4.79 Å². The Labute approximate surface area is 169 Å². The van der Waals surface area contributed by atoms with Gasteiger partial charge in [0, 0.05) is 0 Å². The van der Waals surface area contributed by atoms with Crippen molar-refractivity contribution in [2.75, 3.05) is 6.61 Å². The first-order valence-corrected chi connectivity index (χ1v) is 8.94. The normalized spacial score (nSPS) is 10.3. The number of nitrogens with one attached hydrogen (secondary N) is 1. The van der Waals surface area contributed by atoms with E-state index < -0.39 is 0 Å². The van der Waals surface area contributed by atoms with Crippen molar-refractivity contribution in [1.29, 1.82) is 5.26 Å². The molecular formula is C23H19N3O3. The summed E-state index contributed by atoms with van der Waals surface area (Å²) >= 11 is 0. The van der Waals surface area contributed by atoms with Gasteiger partial charge in [-0.15, -0.1) is 0 Å². The van der Waals surface area contributed by atoms with Crippen LogP contribution in [-0.4, -0.2) is 18.7 Å². The molecular weight excluding hydrogens is 366 g/mol. The van der Waals surface area contributed by atoms with E-state index in [1.807, 2.05) is 60.7 Å². The number of carbonyl (C=O) groups is 1. The molecule has 0 aliphatic rings. The summed E-state index contributed by atoms with van der Waals surface area (Å²) in [5.74, 6) is 0.835. The van der Waals surface area contributed by atoms with Gasteiger partial charge in [-0.25, -0.2) is 5.43 Å². The van der Waals surface area contributed by atoms with E-state index in [0.29, 0.717) is 23.7 Å². The van der Waals surface area contributed by atoms with Crippen molar-refractivity contribution >= 4 is 12.1 Å². The predicted molar refractivity (Wildman–Crippen MR) is 110 cm³/mol. The Morgan fingerprint density at radius 1 is 0.966 bits per heavy atom. The van der Waals surface area contributed by atoms with Gasteiger partial charge in [0.1, 0.15) is 18.1 Å². The number of nitriles is 1. The second kappa shape index (κ2) is 10.3. The van der Waals surface area contributed by atoms with Crippen LogP contribution >= 0.6 is 0 Å². The molecule has 0 saturated heterocycles. The highest BCUT2D eigenvalue weighted by atomic mass is 16.5. The lowest BCUT2D eigenvalue weighted by atomic mass is 10.2. The second-order valence-electron chi connectivity index (χ2n) is 6.06. The summed E-state index contributed by atoms with van der Waals surface area (Å²) < 4.78 is 11.1. The molecule has 6 nitrogen and oxygen atoms in total. The summed E-state index contributed by atoms with van der Waals surface area (Å²) in [6, 6.07) is 25.9. The standard InChI is InChI=1S/C23H19N3O3/c24-14-18-9-11-21(12-10-18)29-17-23(27)26-25-15-20-7-4-8-22(13-20)28-16-19-5-2-1-3-6-19/h1-13,15H,16-17H2,(H,26,27)/b25-15+. The molecule has 6 heteroatoms. The number of rotatable bonds is 8. The third-order valence-electron chi connectivity index (χ3n) is 3.86. The van der Waals surface area contributed by atoms with E-state index in [2.05, 4.69) is 10.5 Å². The number of amides is 1. The van der Waals surface area contributed by atoms with Gasteiger partial charge in [0.25, 0.3) is 5.91 Å². The molecule has 0 radical (unpaired) electrons. The Morgan fingerprint density at radius 3 is 2.52 bits per heavy atom. The minimum atomic E-state index is -0.387. The maximum Gasteiger partial charge on any atom is 0.277 e. The molecule has 0 heterocycles. The third kappa shape index (κ3) is 6.52. The zero-order valence-electron chi connectivity index (χ0n) is 15.6. The Kier molecular flexibility index (Phi) is 6.97. The van der Waals surface area contributed by atoms with E-state index in [0.717, 1.165) is 11.1 Å². The van der Waals surface area contributed by atoms with Crippen molar-refractivity contribution in [1.82, 2.24) is 5.43 Å². The molecule has 3 aromatic carbocycles. The number of nitrogens with zero attached hydrogens (tertiary/aromatic N) is 2. The molecule has 0 aliphatic heterocycles. The smallest absolute Gasteiger partial charge is 0.277 e. The van der Waals surface area contributed by atoms with Gasteiger partial charge in [-0.05, 0) is 47.5 Å². The average molecular weight is 385 g/mol. The van der Waals surface area contributed by atoms with Crippen LogP contribution in [0.1, 0.15) is 16.7 Å². The van der Waals surface area contributed by atoms with Crippen molar-refractivity contribution in [3.63, 3.8) is 0 Å². The lowest BCUT2D eigenvalue weighted by molar-refractivity contribution is -0.123. The Morgan fingerprint density at radius 2 is 1.76 bits per heavy atom. The molecule has 3 aromatic rings. The van der Waals surface area contributed by atoms with E-state index in [4.69, 9.17) is 14.7 Å². The molecule has 0 unspecified atom stereocenters. The highest BCUT2D eigenvalue weighted by molar-refractivity contribution is 5.83. The van der Waals surface area contributed by atoms with Crippen molar-refractivity contribution in [2.45, 2.75) is 6.61 Å². The Bertz CT molecular complexity index is 1010. The topological polar surface area (TPSA) is 83.7 Å². The van der Waals surface area contributed by atoms with E-state index >= 15 is 0 Å². The lowest BCUT2D eigenvalue weighted by Crippen LogP contribution is -2.24. The molecule has 144 valence electrons.